The zero-order valence-corrected chi connectivity index (χ0v) is 12.0. The van der Waals surface area contributed by atoms with E-state index in [0.29, 0.717) is 19.2 Å². The van der Waals surface area contributed by atoms with E-state index in [0.717, 1.165) is 11.0 Å². The summed E-state index contributed by atoms with van der Waals surface area (Å²) >= 11 is 3.32. The van der Waals surface area contributed by atoms with Crippen LogP contribution in [-0.4, -0.2) is 50.0 Å². The lowest BCUT2D eigenvalue weighted by atomic mass is 10.3. The summed E-state index contributed by atoms with van der Waals surface area (Å²) in [5, 5.41) is 0. The maximum atomic E-state index is 5.16. The quantitative estimate of drug-likeness (QED) is 0.768. The Labute approximate surface area is 110 Å². The summed E-state index contributed by atoms with van der Waals surface area (Å²) < 4.78 is 11.1. The summed E-state index contributed by atoms with van der Waals surface area (Å²) in [4.78, 5) is 10.7. The van der Waals surface area contributed by atoms with Gasteiger partial charge in [-0.2, -0.15) is 0 Å². The lowest BCUT2D eigenvalue weighted by Gasteiger charge is -2.28. The van der Waals surface area contributed by atoms with E-state index in [9.17, 15) is 0 Å². The van der Waals surface area contributed by atoms with E-state index < -0.39 is 0 Å². The summed E-state index contributed by atoms with van der Waals surface area (Å²) in [6.07, 6.45) is 3.48. The van der Waals surface area contributed by atoms with Gasteiger partial charge in [0, 0.05) is 33.2 Å². The first-order valence-electron chi connectivity index (χ1n) is 5.41. The molecule has 0 bridgehead atoms. The molecule has 96 valence electrons. The lowest BCUT2D eigenvalue weighted by molar-refractivity contribution is 0.170. The monoisotopic (exact) mass is 303 g/mol. The van der Waals surface area contributed by atoms with Gasteiger partial charge in [0.2, 0.25) is 5.95 Å². The Kier molecular flexibility index (Phi) is 6.39. The molecular formula is C11H18BrN3O2. The van der Waals surface area contributed by atoms with Gasteiger partial charge in [0.25, 0.3) is 0 Å². The smallest absolute Gasteiger partial charge is 0.225 e. The van der Waals surface area contributed by atoms with Crippen molar-refractivity contribution in [2.75, 3.05) is 38.9 Å². The first-order valence-corrected chi connectivity index (χ1v) is 6.20. The maximum Gasteiger partial charge on any atom is 0.225 e. The summed E-state index contributed by atoms with van der Waals surface area (Å²) in [5.74, 6) is 0.690. The highest BCUT2D eigenvalue weighted by atomic mass is 79.9. The predicted molar refractivity (Wildman–Crippen MR) is 70.3 cm³/mol. The van der Waals surface area contributed by atoms with Crippen molar-refractivity contribution in [2.45, 2.75) is 13.0 Å². The van der Waals surface area contributed by atoms with Crippen molar-refractivity contribution < 1.29 is 9.47 Å². The maximum absolute atomic E-state index is 5.16. The number of methoxy groups -OCH3 is 2. The third-order valence-electron chi connectivity index (χ3n) is 2.34. The van der Waals surface area contributed by atoms with Crippen LogP contribution in [-0.2, 0) is 9.47 Å². The topological polar surface area (TPSA) is 47.5 Å². The molecule has 1 heterocycles. The molecule has 0 aliphatic rings. The molecule has 0 saturated heterocycles. The molecule has 0 amide bonds. The van der Waals surface area contributed by atoms with Crippen LogP contribution in [0.15, 0.2) is 16.9 Å². The fourth-order valence-electron chi connectivity index (χ4n) is 1.49. The number of nitrogens with zero attached hydrogens (tertiary/aromatic N) is 3. The predicted octanol–water partition coefficient (Wildman–Crippen LogP) is 1.73. The van der Waals surface area contributed by atoms with Gasteiger partial charge in [0.1, 0.15) is 0 Å². The van der Waals surface area contributed by atoms with Gasteiger partial charge in [-0.3, -0.25) is 0 Å². The van der Waals surface area contributed by atoms with Gasteiger partial charge in [-0.1, -0.05) is 0 Å². The Balaban J connectivity index is 2.77. The first kappa shape index (κ1) is 14.3. The SMILES string of the molecule is COCCN(c1ncc(Br)cn1)C(C)COC. The third kappa shape index (κ3) is 4.57. The van der Waals surface area contributed by atoms with E-state index in [1.807, 2.05) is 0 Å². The van der Waals surface area contributed by atoms with Crippen LogP contribution in [0.2, 0.25) is 0 Å². The zero-order chi connectivity index (χ0) is 12.7. The second-order valence-corrected chi connectivity index (χ2v) is 4.61. The molecule has 0 aromatic carbocycles. The summed E-state index contributed by atoms with van der Waals surface area (Å²) in [6, 6.07) is 0.205. The standard InChI is InChI=1S/C11H18BrN3O2/c1-9(8-17-3)15(4-5-16-2)11-13-6-10(12)7-14-11/h6-7,9H,4-5,8H2,1-3H3. The van der Waals surface area contributed by atoms with Crippen LogP contribution in [0.1, 0.15) is 6.92 Å². The highest BCUT2D eigenvalue weighted by Gasteiger charge is 2.16. The van der Waals surface area contributed by atoms with Crippen LogP contribution < -0.4 is 4.90 Å². The highest BCUT2D eigenvalue weighted by Crippen LogP contribution is 2.13. The molecule has 1 rings (SSSR count). The van der Waals surface area contributed by atoms with Crippen molar-refractivity contribution in [2.24, 2.45) is 0 Å². The van der Waals surface area contributed by atoms with Gasteiger partial charge in [-0.25, -0.2) is 9.97 Å². The average molecular weight is 304 g/mol. The van der Waals surface area contributed by atoms with E-state index >= 15 is 0 Å². The lowest BCUT2D eigenvalue weighted by Crippen LogP contribution is -2.39. The second-order valence-electron chi connectivity index (χ2n) is 3.69. The molecule has 0 fully saturated rings. The number of aromatic nitrogens is 2. The van der Waals surface area contributed by atoms with Crippen molar-refractivity contribution in [3.8, 4) is 0 Å². The molecule has 5 nitrogen and oxygen atoms in total. The molecule has 0 aliphatic carbocycles. The number of hydrogen-bond acceptors (Lipinski definition) is 5. The molecule has 17 heavy (non-hydrogen) atoms. The molecule has 1 aromatic rings. The first-order chi connectivity index (χ1) is 8.19. The molecule has 0 radical (unpaired) electrons. The van der Waals surface area contributed by atoms with Crippen molar-refractivity contribution in [3.05, 3.63) is 16.9 Å². The van der Waals surface area contributed by atoms with Crippen molar-refractivity contribution in [3.63, 3.8) is 0 Å². The van der Waals surface area contributed by atoms with Gasteiger partial charge >= 0.3 is 0 Å². The molecule has 0 spiro atoms. The summed E-state index contributed by atoms with van der Waals surface area (Å²) in [7, 11) is 3.37. The van der Waals surface area contributed by atoms with Crippen LogP contribution in [0, 0.1) is 0 Å². The van der Waals surface area contributed by atoms with Gasteiger partial charge in [-0.15, -0.1) is 0 Å². The Morgan fingerprint density at radius 3 is 2.47 bits per heavy atom. The van der Waals surface area contributed by atoms with Crippen LogP contribution in [0.5, 0.6) is 0 Å². The van der Waals surface area contributed by atoms with E-state index in [4.69, 9.17) is 9.47 Å². The van der Waals surface area contributed by atoms with E-state index in [-0.39, 0.29) is 6.04 Å². The van der Waals surface area contributed by atoms with Crippen molar-refractivity contribution >= 4 is 21.9 Å². The molecule has 0 N–H and O–H groups in total. The van der Waals surface area contributed by atoms with Crippen LogP contribution in [0.25, 0.3) is 0 Å². The van der Waals surface area contributed by atoms with Crippen LogP contribution >= 0.6 is 15.9 Å². The summed E-state index contributed by atoms with van der Waals surface area (Å²) in [5.41, 5.74) is 0. The molecule has 6 heteroatoms. The minimum Gasteiger partial charge on any atom is -0.383 e. The number of ether oxygens (including phenoxy) is 2. The van der Waals surface area contributed by atoms with Gasteiger partial charge in [0.05, 0.1) is 23.7 Å². The van der Waals surface area contributed by atoms with E-state index in [1.54, 1.807) is 26.6 Å². The number of rotatable bonds is 7. The van der Waals surface area contributed by atoms with Gasteiger partial charge in [0.15, 0.2) is 0 Å². The molecular weight excluding hydrogens is 286 g/mol. The van der Waals surface area contributed by atoms with E-state index in [2.05, 4.69) is 37.7 Å². The fraction of sp³-hybridized carbons (Fsp3) is 0.636. The zero-order valence-electron chi connectivity index (χ0n) is 10.4. The van der Waals surface area contributed by atoms with Gasteiger partial charge < -0.3 is 14.4 Å². The van der Waals surface area contributed by atoms with Crippen molar-refractivity contribution in [1.29, 1.82) is 0 Å². The van der Waals surface area contributed by atoms with Crippen LogP contribution in [0.4, 0.5) is 5.95 Å². The minimum absolute atomic E-state index is 0.205. The Morgan fingerprint density at radius 2 is 1.94 bits per heavy atom. The number of anilines is 1. The summed E-state index contributed by atoms with van der Waals surface area (Å²) in [6.45, 7) is 4.07. The normalized spacial score (nSPS) is 12.5. The second kappa shape index (κ2) is 7.58. The Hall–Kier alpha value is -0.720. The highest BCUT2D eigenvalue weighted by molar-refractivity contribution is 9.10. The molecule has 1 atom stereocenters. The number of hydrogen-bond donors (Lipinski definition) is 0. The average Bonchev–Trinajstić information content (AvgIpc) is 2.32. The van der Waals surface area contributed by atoms with E-state index in [1.165, 1.54) is 0 Å². The molecule has 1 aromatic heterocycles. The Bertz CT molecular complexity index is 321. The van der Waals surface area contributed by atoms with Crippen molar-refractivity contribution in [1.82, 2.24) is 9.97 Å². The third-order valence-corrected chi connectivity index (χ3v) is 2.75. The van der Waals surface area contributed by atoms with Crippen LogP contribution in [0.3, 0.4) is 0 Å². The largest absolute Gasteiger partial charge is 0.383 e. The Morgan fingerprint density at radius 1 is 1.29 bits per heavy atom. The molecule has 0 saturated carbocycles. The molecule has 1 unspecified atom stereocenters. The molecule has 0 aliphatic heterocycles. The van der Waals surface area contributed by atoms with Gasteiger partial charge in [-0.05, 0) is 22.9 Å². The minimum atomic E-state index is 0.205. The fourth-order valence-corrected chi connectivity index (χ4v) is 1.70. The number of halogens is 1.